The monoisotopic (exact) mass is 284 g/mol. The van der Waals surface area contributed by atoms with Crippen molar-refractivity contribution in [1.82, 2.24) is 0 Å². The summed E-state index contributed by atoms with van der Waals surface area (Å²) >= 11 is 0. The summed E-state index contributed by atoms with van der Waals surface area (Å²) in [6.45, 7) is 0. The summed E-state index contributed by atoms with van der Waals surface area (Å²) in [5.74, 6) is 0.894. The Morgan fingerprint density at radius 3 is 2.32 bits per heavy atom. The summed E-state index contributed by atoms with van der Waals surface area (Å²) in [4.78, 5) is 0. The Morgan fingerprint density at radius 2 is 1.41 bits per heavy atom. The highest BCUT2D eigenvalue weighted by atomic mass is 16.5. The molecule has 4 aromatic carbocycles. The van der Waals surface area contributed by atoms with Gasteiger partial charge in [-0.2, -0.15) is 0 Å². The SMILES string of the molecule is COc1ccc2cc(-c3cccc4ccccc34)ccc2c1. The van der Waals surface area contributed by atoms with Gasteiger partial charge in [0.1, 0.15) is 5.75 Å². The van der Waals surface area contributed by atoms with Crippen LogP contribution in [0.4, 0.5) is 0 Å². The Bertz CT molecular complexity index is 964. The van der Waals surface area contributed by atoms with Crippen LogP contribution in [0.2, 0.25) is 0 Å². The van der Waals surface area contributed by atoms with E-state index in [1.165, 1.54) is 32.7 Å². The molecule has 0 aliphatic carbocycles. The predicted octanol–water partition coefficient (Wildman–Crippen LogP) is 5.67. The van der Waals surface area contributed by atoms with Crippen molar-refractivity contribution < 1.29 is 4.74 Å². The molecule has 0 radical (unpaired) electrons. The van der Waals surface area contributed by atoms with Crippen LogP contribution in [0.3, 0.4) is 0 Å². The van der Waals surface area contributed by atoms with Crippen LogP contribution in [0.1, 0.15) is 0 Å². The van der Waals surface area contributed by atoms with Crippen LogP contribution in [0.15, 0.2) is 78.9 Å². The Balaban J connectivity index is 1.93. The molecule has 0 N–H and O–H groups in total. The lowest BCUT2D eigenvalue weighted by Gasteiger charge is -2.09. The van der Waals surface area contributed by atoms with Gasteiger partial charge in [0.05, 0.1) is 7.11 Å². The maximum absolute atomic E-state index is 5.29. The second-order valence-corrected chi connectivity index (χ2v) is 5.45. The lowest BCUT2D eigenvalue weighted by Crippen LogP contribution is -1.84. The highest BCUT2D eigenvalue weighted by Crippen LogP contribution is 2.31. The Morgan fingerprint density at radius 1 is 0.636 bits per heavy atom. The van der Waals surface area contributed by atoms with Crippen LogP contribution < -0.4 is 4.74 Å². The molecule has 4 rings (SSSR count). The number of hydrogen-bond donors (Lipinski definition) is 0. The fourth-order valence-electron chi connectivity index (χ4n) is 3.00. The molecule has 0 aliphatic heterocycles. The van der Waals surface area contributed by atoms with E-state index in [4.69, 9.17) is 4.74 Å². The van der Waals surface area contributed by atoms with Gasteiger partial charge in [-0.25, -0.2) is 0 Å². The van der Waals surface area contributed by atoms with Crippen LogP contribution in [0.5, 0.6) is 5.75 Å². The highest BCUT2D eigenvalue weighted by Gasteiger charge is 2.05. The first-order valence-corrected chi connectivity index (χ1v) is 7.41. The van der Waals surface area contributed by atoms with Gasteiger partial charge in [-0.05, 0) is 50.9 Å². The maximum Gasteiger partial charge on any atom is 0.119 e. The highest BCUT2D eigenvalue weighted by molar-refractivity contribution is 5.99. The van der Waals surface area contributed by atoms with E-state index < -0.39 is 0 Å². The molecule has 0 atom stereocenters. The van der Waals surface area contributed by atoms with Gasteiger partial charge in [0.25, 0.3) is 0 Å². The number of hydrogen-bond acceptors (Lipinski definition) is 1. The fourth-order valence-corrected chi connectivity index (χ4v) is 3.00. The van der Waals surface area contributed by atoms with Crippen LogP contribution in [-0.4, -0.2) is 7.11 Å². The van der Waals surface area contributed by atoms with Gasteiger partial charge in [0, 0.05) is 0 Å². The van der Waals surface area contributed by atoms with Crippen LogP contribution in [0, 0.1) is 0 Å². The normalized spacial score (nSPS) is 11.0. The summed E-state index contributed by atoms with van der Waals surface area (Å²) in [5.41, 5.74) is 2.52. The first-order chi connectivity index (χ1) is 10.8. The second-order valence-electron chi connectivity index (χ2n) is 5.45. The van der Waals surface area contributed by atoms with E-state index in [1.807, 2.05) is 6.07 Å². The molecule has 0 bridgehead atoms. The molecule has 0 heterocycles. The van der Waals surface area contributed by atoms with Crippen molar-refractivity contribution in [2.75, 3.05) is 7.11 Å². The molecule has 0 fully saturated rings. The summed E-state index contributed by atoms with van der Waals surface area (Å²) < 4.78 is 5.29. The molecule has 1 heteroatoms. The molecular weight excluding hydrogens is 268 g/mol. The number of ether oxygens (including phenoxy) is 1. The zero-order chi connectivity index (χ0) is 14.9. The van der Waals surface area contributed by atoms with Gasteiger partial charge < -0.3 is 4.74 Å². The Labute approximate surface area is 129 Å². The van der Waals surface area contributed by atoms with E-state index in [1.54, 1.807) is 7.11 Å². The number of rotatable bonds is 2. The number of fused-ring (bicyclic) bond motifs is 2. The zero-order valence-corrected chi connectivity index (χ0v) is 12.4. The molecule has 0 aromatic heterocycles. The summed E-state index contributed by atoms with van der Waals surface area (Å²) in [7, 11) is 1.70. The van der Waals surface area contributed by atoms with E-state index in [0.717, 1.165) is 5.75 Å². The minimum absolute atomic E-state index is 0.894. The van der Waals surface area contributed by atoms with Crippen LogP contribution in [-0.2, 0) is 0 Å². The van der Waals surface area contributed by atoms with Crippen molar-refractivity contribution in [3.63, 3.8) is 0 Å². The summed E-state index contributed by atoms with van der Waals surface area (Å²) in [5, 5.41) is 4.99. The number of benzene rings is 4. The van der Waals surface area contributed by atoms with E-state index in [-0.39, 0.29) is 0 Å². The standard InChI is InChI=1S/C21H16O/c1-22-19-12-11-16-13-18(10-9-17(16)14-19)21-8-4-6-15-5-2-3-7-20(15)21/h2-14H,1H3. The third-order valence-corrected chi connectivity index (χ3v) is 4.15. The van der Waals surface area contributed by atoms with Crippen molar-refractivity contribution in [1.29, 1.82) is 0 Å². The summed E-state index contributed by atoms with van der Waals surface area (Å²) in [6, 6.07) is 27.8. The van der Waals surface area contributed by atoms with E-state index in [2.05, 4.69) is 72.8 Å². The van der Waals surface area contributed by atoms with Gasteiger partial charge in [-0.3, -0.25) is 0 Å². The molecular formula is C21H16O. The van der Waals surface area contributed by atoms with Gasteiger partial charge in [0.2, 0.25) is 0 Å². The van der Waals surface area contributed by atoms with Gasteiger partial charge in [-0.15, -0.1) is 0 Å². The Kier molecular flexibility index (Phi) is 3.05. The molecule has 0 spiro atoms. The van der Waals surface area contributed by atoms with E-state index in [9.17, 15) is 0 Å². The van der Waals surface area contributed by atoms with Crippen LogP contribution in [0.25, 0.3) is 32.7 Å². The van der Waals surface area contributed by atoms with Crippen molar-refractivity contribution in [3.05, 3.63) is 78.9 Å². The van der Waals surface area contributed by atoms with Gasteiger partial charge in [0.15, 0.2) is 0 Å². The minimum Gasteiger partial charge on any atom is -0.497 e. The quantitative estimate of drug-likeness (QED) is 0.461. The topological polar surface area (TPSA) is 9.23 Å². The smallest absolute Gasteiger partial charge is 0.119 e. The zero-order valence-electron chi connectivity index (χ0n) is 12.4. The molecule has 0 unspecified atom stereocenters. The maximum atomic E-state index is 5.29. The van der Waals surface area contributed by atoms with Crippen molar-refractivity contribution in [2.24, 2.45) is 0 Å². The second kappa shape index (κ2) is 5.19. The first kappa shape index (κ1) is 12.9. The molecule has 0 saturated carbocycles. The minimum atomic E-state index is 0.894. The van der Waals surface area contributed by atoms with Gasteiger partial charge in [-0.1, -0.05) is 60.7 Å². The molecule has 0 amide bonds. The van der Waals surface area contributed by atoms with Crippen molar-refractivity contribution >= 4 is 21.5 Å². The first-order valence-electron chi connectivity index (χ1n) is 7.41. The fraction of sp³-hybridized carbons (Fsp3) is 0.0476. The molecule has 1 nitrogen and oxygen atoms in total. The molecule has 0 saturated heterocycles. The van der Waals surface area contributed by atoms with Crippen LogP contribution >= 0.6 is 0 Å². The summed E-state index contributed by atoms with van der Waals surface area (Å²) in [6.07, 6.45) is 0. The molecule has 4 aromatic rings. The third kappa shape index (κ3) is 2.11. The molecule has 106 valence electrons. The van der Waals surface area contributed by atoms with Crippen molar-refractivity contribution in [2.45, 2.75) is 0 Å². The average molecular weight is 284 g/mol. The largest absolute Gasteiger partial charge is 0.497 e. The lowest BCUT2D eigenvalue weighted by atomic mass is 9.96. The third-order valence-electron chi connectivity index (χ3n) is 4.15. The average Bonchev–Trinajstić information content (AvgIpc) is 2.60. The lowest BCUT2D eigenvalue weighted by molar-refractivity contribution is 0.415. The molecule has 0 aliphatic rings. The molecule has 22 heavy (non-hydrogen) atoms. The number of methoxy groups -OCH3 is 1. The van der Waals surface area contributed by atoms with Crippen molar-refractivity contribution in [3.8, 4) is 16.9 Å². The predicted molar refractivity (Wildman–Crippen MR) is 93.4 cm³/mol. The van der Waals surface area contributed by atoms with E-state index >= 15 is 0 Å². The Hall–Kier alpha value is -2.80. The van der Waals surface area contributed by atoms with Gasteiger partial charge >= 0.3 is 0 Å². The van der Waals surface area contributed by atoms with E-state index in [0.29, 0.717) is 0 Å².